The largest absolute Gasteiger partial charge is 0.352 e. The van der Waals surface area contributed by atoms with Crippen LogP contribution < -0.4 is 5.32 Å². The van der Waals surface area contributed by atoms with E-state index in [2.05, 4.69) is 15.3 Å². The highest BCUT2D eigenvalue weighted by molar-refractivity contribution is 7.13. The molecule has 2 aromatic heterocycles. The Balaban J connectivity index is 1.31. The van der Waals surface area contributed by atoms with Crippen LogP contribution in [0.15, 0.2) is 59.3 Å². The normalized spacial score (nSPS) is 10.8. The second-order valence-corrected chi connectivity index (χ2v) is 8.47. The van der Waals surface area contributed by atoms with Gasteiger partial charge in [-0.25, -0.2) is 14.4 Å². The van der Waals surface area contributed by atoms with Crippen LogP contribution in [0.1, 0.15) is 16.3 Å². The average molecular weight is 424 g/mol. The number of nitrogens with one attached hydrogen (secondary N) is 1. The lowest BCUT2D eigenvalue weighted by Crippen LogP contribution is -2.24. The molecule has 0 spiro atoms. The number of benzene rings is 2. The molecule has 0 aliphatic heterocycles. The maximum absolute atomic E-state index is 13.0. The van der Waals surface area contributed by atoms with Gasteiger partial charge in [0.25, 0.3) is 0 Å². The minimum absolute atomic E-state index is 0.0832. The van der Waals surface area contributed by atoms with Gasteiger partial charge in [0.1, 0.15) is 10.8 Å². The van der Waals surface area contributed by atoms with Crippen LogP contribution in [0.2, 0.25) is 0 Å². The van der Waals surface area contributed by atoms with Crippen LogP contribution in [0.3, 0.4) is 0 Å². The van der Waals surface area contributed by atoms with Crippen LogP contribution in [0, 0.1) is 12.7 Å². The van der Waals surface area contributed by atoms with E-state index in [0.29, 0.717) is 12.2 Å². The molecule has 0 fully saturated rings. The van der Waals surface area contributed by atoms with Crippen LogP contribution >= 0.6 is 22.7 Å². The highest BCUT2D eigenvalue weighted by atomic mass is 32.1. The van der Waals surface area contributed by atoms with Crippen LogP contribution in [0.25, 0.3) is 21.8 Å². The van der Waals surface area contributed by atoms with E-state index in [9.17, 15) is 9.18 Å². The summed E-state index contributed by atoms with van der Waals surface area (Å²) < 4.78 is 13.0. The molecule has 0 saturated carbocycles. The molecule has 7 heteroatoms. The van der Waals surface area contributed by atoms with Crippen molar-refractivity contribution >= 4 is 28.6 Å². The maximum atomic E-state index is 13.0. The summed E-state index contributed by atoms with van der Waals surface area (Å²) in [6.07, 6.45) is 0.216. The summed E-state index contributed by atoms with van der Waals surface area (Å²) in [5.74, 6) is -0.361. The van der Waals surface area contributed by atoms with Crippen LogP contribution in [0.4, 0.5) is 4.39 Å². The van der Waals surface area contributed by atoms with E-state index in [4.69, 9.17) is 0 Å². The first kappa shape index (κ1) is 19.4. The summed E-state index contributed by atoms with van der Waals surface area (Å²) in [6.45, 7) is 2.45. The number of aromatic nitrogens is 2. The number of aryl methyl sites for hydroxylation is 1. The molecular formula is C22H18FN3OS2. The number of hydrogen-bond donors (Lipinski definition) is 1. The topological polar surface area (TPSA) is 54.9 Å². The molecule has 4 rings (SSSR count). The van der Waals surface area contributed by atoms with Crippen molar-refractivity contribution in [3.8, 4) is 21.8 Å². The fourth-order valence-corrected chi connectivity index (χ4v) is 4.28. The number of carbonyl (C=O) groups is 1. The Morgan fingerprint density at radius 2 is 1.69 bits per heavy atom. The molecule has 146 valence electrons. The third kappa shape index (κ3) is 4.93. The Bertz CT molecular complexity index is 1120. The van der Waals surface area contributed by atoms with Crippen molar-refractivity contribution in [2.24, 2.45) is 0 Å². The van der Waals surface area contributed by atoms with Gasteiger partial charge >= 0.3 is 0 Å². The summed E-state index contributed by atoms with van der Waals surface area (Å²) in [5.41, 5.74) is 4.63. The molecule has 0 atom stereocenters. The van der Waals surface area contributed by atoms with E-state index in [1.54, 1.807) is 23.5 Å². The van der Waals surface area contributed by atoms with Gasteiger partial charge in [0.05, 0.1) is 22.8 Å². The van der Waals surface area contributed by atoms with Crippen molar-refractivity contribution < 1.29 is 9.18 Å². The molecule has 0 unspecified atom stereocenters. The second kappa shape index (κ2) is 8.63. The van der Waals surface area contributed by atoms with Gasteiger partial charge in [-0.1, -0.05) is 24.3 Å². The predicted octanol–water partition coefficient (Wildman–Crippen LogP) is 5.24. The molecule has 2 aromatic carbocycles. The van der Waals surface area contributed by atoms with Crippen LogP contribution in [-0.2, 0) is 17.8 Å². The number of hydrogen-bond acceptors (Lipinski definition) is 5. The van der Waals surface area contributed by atoms with Gasteiger partial charge in [-0.15, -0.1) is 22.7 Å². The van der Waals surface area contributed by atoms with E-state index in [1.807, 2.05) is 41.9 Å². The lowest BCUT2D eigenvalue weighted by molar-refractivity contribution is -0.120. The molecule has 0 bridgehead atoms. The van der Waals surface area contributed by atoms with Gasteiger partial charge in [0.2, 0.25) is 5.91 Å². The Hall–Kier alpha value is -2.90. The molecule has 0 aliphatic carbocycles. The number of thiazole rings is 2. The molecule has 0 saturated heterocycles. The SMILES string of the molecule is Cc1nc(-c2ccc(CNC(=O)Cc3csc(-c4ccc(F)cc4)n3)cc2)cs1. The fraction of sp³-hybridized carbons (Fsp3) is 0.136. The van der Waals surface area contributed by atoms with Crippen LogP contribution in [-0.4, -0.2) is 15.9 Å². The van der Waals surface area contributed by atoms with E-state index in [-0.39, 0.29) is 18.1 Å². The van der Waals surface area contributed by atoms with Crippen molar-refractivity contribution in [1.29, 1.82) is 0 Å². The Morgan fingerprint density at radius 3 is 2.38 bits per heavy atom. The zero-order valence-electron chi connectivity index (χ0n) is 15.7. The van der Waals surface area contributed by atoms with Gasteiger partial charge in [-0.3, -0.25) is 4.79 Å². The molecule has 4 nitrogen and oxygen atoms in total. The summed E-state index contributed by atoms with van der Waals surface area (Å²) >= 11 is 3.08. The summed E-state index contributed by atoms with van der Waals surface area (Å²) in [6, 6.07) is 14.2. The highest BCUT2D eigenvalue weighted by Gasteiger charge is 2.09. The first-order chi connectivity index (χ1) is 14.1. The highest BCUT2D eigenvalue weighted by Crippen LogP contribution is 2.24. The zero-order chi connectivity index (χ0) is 20.2. The van der Waals surface area contributed by atoms with Gasteiger partial charge < -0.3 is 5.32 Å². The van der Waals surface area contributed by atoms with E-state index >= 15 is 0 Å². The molecular weight excluding hydrogens is 405 g/mol. The minimum Gasteiger partial charge on any atom is -0.352 e. The molecule has 1 amide bonds. The quantitative estimate of drug-likeness (QED) is 0.461. The molecule has 4 aromatic rings. The van der Waals surface area contributed by atoms with Crippen molar-refractivity contribution in [1.82, 2.24) is 15.3 Å². The van der Waals surface area contributed by atoms with Crippen LogP contribution in [0.5, 0.6) is 0 Å². The van der Waals surface area contributed by atoms with E-state index < -0.39 is 0 Å². The van der Waals surface area contributed by atoms with Crippen molar-refractivity contribution in [2.45, 2.75) is 19.9 Å². The number of carbonyl (C=O) groups excluding carboxylic acids is 1. The third-order valence-corrected chi connectivity index (χ3v) is 6.06. The predicted molar refractivity (Wildman–Crippen MR) is 115 cm³/mol. The zero-order valence-corrected chi connectivity index (χ0v) is 17.3. The monoisotopic (exact) mass is 423 g/mol. The number of halogens is 1. The van der Waals surface area contributed by atoms with Crippen molar-refractivity contribution in [3.05, 3.63) is 81.4 Å². The number of amides is 1. The fourth-order valence-electron chi connectivity index (χ4n) is 2.83. The van der Waals surface area contributed by atoms with E-state index in [1.165, 1.54) is 23.5 Å². The lowest BCUT2D eigenvalue weighted by atomic mass is 10.1. The second-order valence-electron chi connectivity index (χ2n) is 6.55. The molecule has 0 aliphatic rings. The average Bonchev–Trinajstić information content (AvgIpc) is 3.37. The van der Waals surface area contributed by atoms with Gasteiger partial charge in [-0.05, 0) is 36.8 Å². The van der Waals surface area contributed by atoms with Gasteiger partial charge in [0.15, 0.2) is 0 Å². The smallest absolute Gasteiger partial charge is 0.226 e. The summed E-state index contributed by atoms with van der Waals surface area (Å²) in [4.78, 5) is 21.2. The van der Waals surface area contributed by atoms with Crippen molar-refractivity contribution in [3.63, 3.8) is 0 Å². The lowest BCUT2D eigenvalue weighted by Gasteiger charge is -2.05. The summed E-state index contributed by atoms with van der Waals surface area (Å²) in [7, 11) is 0. The number of rotatable bonds is 6. The Labute approximate surface area is 176 Å². The first-order valence-electron chi connectivity index (χ1n) is 9.05. The molecule has 29 heavy (non-hydrogen) atoms. The molecule has 0 radical (unpaired) electrons. The Morgan fingerprint density at radius 1 is 0.966 bits per heavy atom. The van der Waals surface area contributed by atoms with Crippen molar-refractivity contribution in [2.75, 3.05) is 0 Å². The van der Waals surface area contributed by atoms with E-state index in [0.717, 1.165) is 32.4 Å². The first-order valence-corrected chi connectivity index (χ1v) is 10.8. The minimum atomic E-state index is -0.278. The summed E-state index contributed by atoms with van der Waals surface area (Å²) in [5, 5.41) is 8.66. The number of nitrogens with zero attached hydrogens (tertiary/aromatic N) is 2. The molecule has 1 N–H and O–H groups in total. The third-order valence-electron chi connectivity index (χ3n) is 4.34. The maximum Gasteiger partial charge on any atom is 0.226 e. The standard InChI is InChI=1S/C22H18FN3OS2/c1-14-25-20(13-28-14)16-4-2-15(3-5-16)11-24-21(27)10-19-12-29-22(26-19)17-6-8-18(23)9-7-17/h2-9,12-13H,10-11H2,1H3,(H,24,27). The molecule has 2 heterocycles. The van der Waals surface area contributed by atoms with Gasteiger partial charge in [-0.2, -0.15) is 0 Å². The van der Waals surface area contributed by atoms with Gasteiger partial charge in [0, 0.05) is 28.4 Å². The Kier molecular flexibility index (Phi) is 5.78.